The molecule has 0 saturated heterocycles. The maximum absolute atomic E-state index is 13.7. The van der Waals surface area contributed by atoms with E-state index in [2.05, 4.69) is 5.16 Å². The lowest BCUT2D eigenvalue weighted by atomic mass is 10.0. The van der Waals surface area contributed by atoms with E-state index in [0.717, 1.165) is 29.2 Å². The summed E-state index contributed by atoms with van der Waals surface area (Å²) in [5.41, 5.74) is -1.61. The first-order valence-corrected chi connectivity index (χ1v) is 13.1. The van der Waals surface area contributed by atoms with Crippen LogP contribution < -0.4 is 0 Å². The van der Waals surface area contributed by atoms with Gasteiger partial charge >= 0.3 is 5.97 Å². The summed E-state index contributed by atoms with van der Waals surface area (Å²) in [6.07, 6.45) is -0.161. The van der Waals surface area contributed by atoms with Crippen LogP contribution in [0.15, 0.2) is 90.1 Å². The maximum Gasteiger partial charge on any atom is 0.358 e. The Bertz CT molecular complexity index is 1990. The van der Waals surface area contributed by atoms with E-state index in [4.69, 9.17) is 4.84 Å². The van der Waals surface area contributed by atoms with Gasteiger partial charge < -0.3 is 4.84 Å². The summed E-state index contributed by atoms with van der Waals surface area (Å²) >= 11 is 0. The van der Waals surface area contributed by atoms with Gasteiger partial charge in [0.2, 0.25) is 0 Å². The van der Waals surface area contributed by atoms with E-state index in [0.29, 0.717) is 5.56 Å². The summed E-state index contributed by atoms with van der Waals surface area (Å²) in [7, 11) is 0. The Morgan fingerprint density at radius 2 is 1.31 bits per heavy atom. The molecule has 15 heteroatoms. The Balaban J connectivity index is 1.46. The van der Waals surface area contributed by atoms with E-state index in [1.807, 2.05) is 0 Å². The van der Waals surface area contributed by atoms with Gasteiger partial charge in [0.1, 0.15) is 11.8 Å². The van der Waals surface area contributed by atoms with E-state index < -0.39 is 55.7 Å². The van der Waals surface area contributed by atoms with E-state index in [9.17, 15) is 44.7 Å². The van der Waals surface area contributed by atoms with Crippen LogP contribution in [0.1, 0.15) is 37.4 Å². The van der Waals surface area contributed by atoms with E-state index in [1.54, 1.807) is 42.5 Å². The molecule has 0 aromatic heterocycles. The zero-order chi connectivity index (χ0) is 32.0. The number of carbonyl (C=O) groups is 3. The van der Waals surface area contributed by atoms with Crippen LogP contribution in [0.4, 0.5) is 17.1 Å². The molecule has 0 saturated carbocycles. The van der Waals surface area contributed by atoms with Crippen LogP contribution in [0.2, 0.25) is 0 Å². The molecule has 0 radical (unpaired) electrons. The highest BCUT2D eigenvalue weighted by atomic mass is 16.7. The van der Waals surface area contributed by atoms with E-state index >= 15 is 0 Å². The van der Waals surface area contributed by atoms with Crippen LogP contribution >= 0.6 is 0 Å². The number of oxime groups is 1. The molecule has 2 aliphatic rings. The molecule has 1 aliphatic carbocycles. The molecule has 0 bridgehead atoms. The molecule has 0 spiro atoms. The molecular weight excluding hydrogens is 590 g/mol. The number of nitro groups is 3. The first kappa shape index (κ1) is 28.5. The van der Waals surface area contributed by atoms with Gasteiger partial charge in [-0.1, -0.05) is 47.6 Å². The maximum atomic E-state index is 13.7. The van der Waals surface area contributed by atoms with Crippen molar-refractivity contribution < 1.29 is 34.0 Å². The molecule has 2 amide bonds. The summed E-state index contributed by atoms with van der Waals surface area (Å²) in [6, 6.07) is 18.1. The Morgan fingerprint density at radius 1 is 0.711 bits per heavy atom. The lowest BCUT2D eigenvalue weighted by Crippen LogP contribution is -2.46. The first-order valence-electron chi connectivity index (χ1n) is 13.1. The topological polar surface area (TPSA) is 205 Å². The van der Waals surface area contributed by atoms with Crippen molar-refractivity contribution in [1.82, 2.24) is 4.90 Å². The van der Waals surface area contributed by atoms with Crippen LogP contribution in [-0.4, -0.2) is 49.2 Å². The van der Waals surface area contributed by atoms with Crippen molar-refractivity contribution in [2.24, 2.45) is 5.16 Å². The number of nitrogens with zero attached hydrogens (tertiary/aromatic N) is 5. The standard InChI is InChI=1S/C30H17N5O10/c36-28-20-8-4-5-9-21(20)29(37)32(28)25(12-16-6-2-1-3-7-16)30(38)45-31-27-22-13-17(33(39)40)10-11-19(22)26-23(27)14-18(34(41)42)15-24(26)35(43)44/h1-11,13-15,25H,12H2/b31-27-/t25-/m0/s1. The van der Waals surface area contributed by atoms with E-state index in [-0.39, 0.29) is 45.5 Å². The second-order valence-corrected chi connectivity index (χ2v) is 9.97. The summed E-state index contributed by atoms with van der Waals surface area (Å²) < 4.78 is 0. The smallest absolute Gasteiger partial charge is 0.315 e. The molecule has 4 aromatic carbocycles. The largest absolute Gasteiger partial charge is 0.358 e. The monoisotopic (exact) mass is 607 g/mol. The third-order valence-electron chi connectivity index (χ3n) is 7.41. The molecule has 6 rings (SSSR count). The molecule has 0 fully saturated rings. The molecule has 1 atom stereocenters. The van der Waals surface area contributed by atoms with Crippen molar-refractivity contribution in [3.63, 3.8) is 0 Å². The van der Waals surface area contributed by atoms with Gasteiger partial charge in [-0.3, -0.25) is 44.8 Å². The Labute approximate surface area is 251 Å². The van der Waals surface area contributed by atoms with Crippen molar-refractivity contribution in [1.29, 1.82) is 0 Å². The lowest BCUT2D eigenvalue weighted by Gasteiger charge is -2.23. The number of carbonyl (C=O) groups excluding carboxylic acids is 3. The van der Waals surface area contributed by atoms with Gasteiger partial charge in [-0.2, -0.15) is 0 Å². The highest BCUT2D eigenvalue weighted by Crippen LogP contribution is 2.46. The second kappa shape index (κ2) is 10.9. The van der Waals surface area contributed by atoms with E-state index in [1.165, 1.54) is 18.2 Å². The Morgan fingerprint density at radius 3 is 1.91 bits per heavy atom. The molecule has 45 heavy (non-hydrogen) atoms. The van der Waals surface area contributed by atoms with Crippen LogP contribution in [0.25, 0.3) is 11.1 Å². The normalized spacial score (nSPS) is 14.5. The number of fused-ring (bicyclic) bond motifs is 4. The lowest BCUT2D eigenvalue weighted by molar-refractivity contribution is -0.393. The molecule has 1 aliphatic heterocycles. The molecule has 4 aromatic rings. The number of benzene rings is 4. The number of rotatable bonds is 8. The molecule has 15 nitrogen and oxygen atoms in total. The molecule has 222 valence electrons. The van der Waals surface area contributed by atoms with Crippen molar-refractivity contribution >= 4 is 40.6 Å². The zero-order valence-electron chi connectivity index (χ0n) is 22.7. The average molecular weight is 607 g/mol. The summed E-state index contributed by atoms with van der Waals surface area (Å²) in [5.74, 6) is -2.64. The van der Waals surface area contributed by atoms with Crippen molar-refractivity contribution in [3.8, 4) is 11.1 Å². The minimum absolute atomic E-state index is 0.0593. The zero-order valence-corrected chi connectivity index (χ0v) is 22.7. The summed E-state index contributed by atoms with van der Waals surface area (Å²) in [5, 5.41) is 39.0. The first-order chi connectivity index (χ1) is 21.6. The van der Waals surface area contributed by atoms with Crippen LogP contribution in [0, 0.1) is 30.3 Å². The third-order valence-corrected chi connectivity index (χ3v) is 7.41. The van der Waals surface area contributed by atoms with Crippen LogP contribution in [0.5, 0.6) is 0 Å². The quantitative estimate of drug-likeness (QED) is 0.104. The molecule has 0 N–H and O–H groups in total. The Hall–Kier alpha value is -6.64. The van der Waals surface area contributed by atoms with Crippen molar-refractivity contribution in [3.05, 3.63) is 143 Å². The number of non-ortho nitro benzene ring substituents is 2. The highest BCUT2D eigenvalue weighted by molar-refractivity contribution is 6.26. The molecular formula is C30H17N5O10. The van der Waals surface area contributed by atoms with Gasteiger partial charge in [-0.05, 0) is 29.3 Å². The molecule has 1 heterocycles. The van der Waals surface area contributed by atoms with Crippen LogP contribution in [-0.2, 0) is 16.1 Å². The van der Waals surface area contributed by atoms with Crippen molar-refractivity contribution in [2.75, 3.05) is 0 Å². The Kier molecular flexibility index (Phi) is 6.89. The van der Waals surface area contributed by atoms with Gasteiger partial charge in [-0.25, -0.2) is 4.79 Å². The van der Waals surface area contributed by atoms with Gasteiger partial charge in [0.05, 0.1) is 37.5 Å². The summed E-state index contributed by atoms with van der Waals surface area (Å²) in [6.45, 7) is 0. The number of amides is 2. The van der Waals surface area contributed by atoms with Crippen LogP contribution in [0.3, 0.4) is 0 Å². The number of nitro benzene ring substituents is 3. The van der Waals surface area contributed by atoms with Gasteiger partial charge in [0.25, 0.3) is 28.9 Å². The minimum atomic E-state index is -1.52. The second-order valence-electron chi connectivity index (χ2n) is 9.97. The van der Waals surface area contributed by atoms with Gasteiger partial charge in [-0.15, -0.1) is 0 Å². The summed E-state index contributed by atoms with van der Waals surface area (Å²) in [4.78, 5) is 79.0. The third kappa shape index (κ3) is 4.83. The SMILES string of the molecule is O=C(O/N=C1/c2cc([N+](=O)[O-])ccc2-c2c1cc([N+](=O)[O-])cc2[N+](=O)[O-])[C@H](Cc1ccccc1)N1C(=O)c2ccccc2C1=O. The van der Waals surface area contributed by atoms with Gasteiger partial charge in [0, 0.05) is 35.7 Å². The molecule has 0 unspecified atom stereocenters. The predicted molar refractivity (Wildman–Crippen MR) is 154 cm³/mol. The van der Waals surface area contributed by atoms with Gasteiger partial charge in [0.15, 0.2) is 0 Å². The fraction of sp³-hybridized carbons (Fsp3) is 0.0667. The number of imide groups is 1. The number of hydrogen-bond donors (Lipinski definition) is 0. The average Bonchev–Trinajstić information content (AvgIpc) is 3.48. The van der Waals surface area contributed by atoms with Crippen molar-refractivity contribution in [2.45, 2.75) is 12.5 Å². The minimum Gasteiger partial charge on any atom is -0.315 e. The number of hydrogen-bond acceptors (Lipinski definition) is 11. The highest BCUT2D eigenvalue weighted by Gasteiger charge is 2.44. The fourth-order valence-corrected chi connectivity index (χ4v) is 5.39. The fourth-order valence-electron chi connectivity index (χ4n) is 5.39. The predicted octanol–water partition coefficient (Wildman–Crippen LogP) is 4.59.